The van der Waals surface area contributed by atoms with E-state index in [1.165, 1.54) is 7.05 Å². The minimum absolute atomic E-state index is 0.0672. The Labute approximate surface area is 176 Å². The Balaban J connectivity index is 1.69. The van der Waals surface area contributed by atoms with Gasteiger partial charge in [0.15, 0.2) is 5.69 Å². The van der Waals surface area contributed by atoms with Gasteiger partial charge in [0.25, 0.3) is 11.8 Å². The third-order valence-corrected chi connectivity index (χ3v) is 4.29. The average molecular weight is 456 g/mol. The number of carbonyl (C=O) groups is 2. The van der Waals surface area contributed by atoms with Crippen LogP contribution >= 0.6 is 0 Å². The second kappa shape index (κ2) is 8.36. The van der Waals surface area contributed by atoms with Crippen molar-refractivity contribution in [2.45, 2.75) is 12.4 Å². The molecule has 2 aromatic carbocycles. The number of nitrogens with one attached hydrogen (secondary N) is 2. The number of hydrogen-bond donors (Lipinski definition) is 2. The predicted molar refractivity (Wildman–Crippen MR) is 102 cm³/mol. The Bertz CT molecular complexity index is 1130. The second-order valence-corrected chi connectivity index (χ2v) is 6.60. The van der Waals surface area contributed by atoms with Crippen molar-refractivity contribution in [1.29, 1.82) is 0 Å². The van der Waals surface area contributed by atoms with E-state index in [0.29, 0.717) is 0 Å². The minimum atomic E-state index is -4.52. The summed E-state index contributed by atoms with van der Waals surface area (Å²) < 4.78 is 76.8. The summed E-state index contributed by atoms with van der Waals surface area (Å²) in [5.74, 6) is -1.50. The monoisotopic (exact) mass is 456 g/mol. The van der Waals surface area contributed by atoms with Crippen LogP contribution in [0.3, 0.4) is 0 Å². The minimum Gasteiger partial charge on any atom is -0.321 e. The summed E-state index contributed by atoms with van der Waals surface area (Å²) in [7, 11) is 1.37. The fourth-order valence-electron chi connectivity index (χ4n) is 2.67. The van der Waals surface area contributed by atoms with Crippen LogP contribution in [-0.2, 0) is 19.4 Å². The maximum absolute atomic E-state index is 12.6. The van der Waals surface area contributed by atoms with Crippen LogP contribution in [0.25, 0.3) is 0 Å². The Hall–Kier alpha value is -3.83. The first-order chi connectivity index (χ1) is 14.8. The first kappa shape index (κ1) is 22.8. The first-order valence-corrected chi connectivity index (χ1v) is 8.86. The van der Waals surface area contributed by atoms with Crippen LogP contribution in [-0.4, -0.2) is 21.6 Å². The highest BCUT2D eigenvalue weighted by Crippen LogP contribution is 2.30. The molecule has 0 radical (unpaired) electrons. The largest absolute Gasteiger partial charge is 0.416 e. The molecular weight excluding hydrogens is 442 g/mol. The Morgan fingerprint density at radius 1 is 0.750 bits per heavy atom. The topological polar surface area (TPSA) is 76.0 Å². The summed E-state index contributed by atoms with van der Waals surface area (Å²) in [6.45, 7) is 0. The summed E-state index contributed by atoms with van der Waals surface area (Å²) in [5, 5.41) is 8.65. The second-order valence-electron chi connectivity index (χ2n) is 6.60. The van der Waals surface area contributed by atoms with Crippen molar-refractivity contribution in [1.82, 2.24) is 9.78 Å². The quantitative estimate of drug-likeness (QED) is 0.545. The number of hydrogen-bond acceptors (Lipinski definition) is 3. The van der Waals surface area contributed by atoms with E-state index in [9.17, 15) is 35.9 Å². The molecule has 1 aromatic heterocycles. The molecule has 0 aliphatic heterocycles. The van der Waals surface area contributed by atoms with Gasteiger partial charge >= 0.3 is 12.4 Å². The molecule has 0 spiro atoms. The van der Waals surface area contributed by atoms with E-state index in [0.717, 1.165) is 59.3 Å². The van der Waals surface area contributed by atoms with E-state index in [1.54, 1.807) is 0 Å². The van der Waals surface area contributed by atoms with Crippen molar-refractivity contribution >= 4 is 23.2 Å². The molecule has 2 amide bonds. The molecule has 168 valence electrons. The van der Waals surface area contributed by atoms with Crippen molar-refractivity contribution in [3.8, 4) is 0 Å². The zero-order valence-corrected chi connectivity index (χ0v) is 16.2. The van der Waals surface area contributed by atoms with Crippen LogP contribution in [0.5, 0.6) is 0 Å². The van der Waals surface area contributed by atoms with Crippen LogP contribution in [0, 0.1) is 0 Å². The van der Waals surface area contributed by atoms with Gasteiger partial charge in [-0.3, -0.25) is 14.3 Å². The molecule has 0 aliphatic carbocycles. The molecule has 3 rings (SSSR count). The lowest BCUT2D eigenvalue weighted by atomic mass is 10.2. The number of aromatic nitrogens is 2. The molecule has 0 unspecified atom stereocenters. The summed E-state index contributed by atoms with van der Waals surface area (Å²) in [5.41, 5.74) is -1.83. The van der Waals surface area contributed by atoms with Crippen molar-refractivity contribution in [3.63, 3.8) is 0 Å². The number of aryl methyl sites for hydroxylation is 1. The van der Waals surface area contributed by atoms with Crippen LogP contribution in [0.4, 0.5) is 37.7 Å². The number of amides is 2. The molecule has 12 heteroatoms. The number of alkyl halides is 6. The highest BCUT2D eigenvalue weighted by molar-refractivity contribution is 6.07. The molecule has 3 aromatic rings. The number of rotatable bonds is 4. The lowest BCUT2D eigenvalue weighted by molar-refractivity contribution is -0.138. The molecular formula is C20H14F6N4O2. The van der Waals surface area contributed by atoms with Crippen molar-refractivity contribution < 1.29 is 35.9 Å². The standard InChI is InChI=1S/C20H14F6N4O2/c1-30-16(18(32)28-14-8-4-12(5-9-14)20(24,25)26)10-15(29-30)17(31)27-13-6-2-11(3-7-13)19(21,22)23/h2-10H,1H3,(H,27,31)(H,28,32). The maximum atomic E-state index is 12.6. The van der Waals surface area contributed by atoms with Gasteiger partial charge in [-0.2, -0.15) is 31.4 Å². The van der Waals surface area contributed by atoms with E-state index in [-0.39, 0.29) is 22.8 Å². The van der Waals surface area contributed by atoms with E-state index in [2.05, 4.69) is 15.7 Å². The fourth-order valence-corrected chi connectivity index (χ4v) is 2.67. The smallest absolute Gasteiger partial charge is 0.321 e. The van der Waals surface area contributed by atoms with Gasteiger partial charge in [-0.15, -0.1) is 0 Å². The van der Waals surface area contributed by atoms with E-state index < -0.39 is 35.3 Å². The predicted octanol–water partition coefficient (Wildman–Crippen LogP) is 4.96. The fraction of sp³-hybridized carbons (Fsp3) is 0.150. The maximum Gasteiger partial charge on any atom is 0.416 e. The van der Waals surface area contributed by atoms with Crippen molar-refractivity contribution in [3.05, 3.63) is 77.1 Å². The molecule has 0 atom stereocenters. The molecule has 0 saturated carbocycles. The third-order valence-electron chi connectivity index (χ3n) is 4.29. The van der Waals surface area contributed by atoms with Crippen LogP contribution in [0.2, 0.25) is 0 Å². The Morgan fingerprint density at radius 3 is 1.56 bits per heavy atom. The van der Waals surface area contributed by atoms with Crippen molar-refractivity contribution in [2.24, 2.45) is 7.05 Å². The van der Waals surface area contributed by atoms with Crippen LogP contribution in [0.1, 0.15) is 32.1 Å². The molecule has 0 fully saturated rings. The summed E-state index contributed by atoms with van der Waals surface area (Å²) in [6.07, 6.45) is -9.03. The summed E-state index contributed by atoms with van der Waals surface area (Å²) in [4.78, 5) is 24.7. The van der Waals surface area contributed by atoms with E-state index in [4.69, 9.17) is 0 Å². The third kappa shape index (κ3) is 5.25. The van der Waals surface area contributed by atoms with Gasteiger partial charge in [0, 0.05) is 24.5 Å². The molecule has 1 heterocycles. The number of nitrogens with zero attached hydrogens (tertiary/aromatic N) is 2. The van der Waals surface area contributed by atoms with Gasteiger partial charge in [0.05, 0.1) is 11.1 Å². The molecule has 0 saturated heterocycles. The van der Waals surface area contributed by atoms with Gasteiger partial charge in [-0.05, 0) is 48.5 Å². The number of carbonyl (C=O) groups excluding carboxylic acids is 2. The number of anilines is 2. The lowest BCUT2D eigenvalue weighted by Gasteiger charge is -2.08. The van der Waals surface area contributed by atoms with Crippen molar-refractivity contribution in [2.75, 3.05) is 10.6 Å². The molecule has 2 N–H and O–H groups in total. The lowest BCUT2D eigenvalue weighted by Crippen LogP contribution is -2.16. The first-order valence-electron chi connectivity index (χ1n) is 8.86. The van der Waals surface area contributed by atoms with Gasteiger partial charge in [0.1, 0.15) is 5.69 Å². The van der Waals surface area contributed by atoms with E-state index in [1.807, 2.05) is 0 Å². The summed E-state index contributed by atoms with van der Waals surface area (Å²) >= 11 is 0. The van der Waals surface area contributed by atoms with Crippen LogP contribution < -0.4 is 10.6 Å². The van der Waals surface area contributed by atoms with E-state index >= 15 is 0 Å². The zero-order chi connectivity index (χ0) is 23.7. The number of halogens is 6. The molecule has 6 nitrogen and oxygen atoms in total. The average Bonchev–Trinajstić information content (AvgIpc) is 3.09. The Morgan fingerprint density at radius 2 is 1.16 bits per heavy atom. The normalized spacial score (nSPS) is 11.8. The molecule has 0 aliphatic rings. The highest BCUT2D eigenvalue weighted by atomic mass is 19.4. The van der Waals surface area contributed by atoms with Gasteiger partial charge < -0.3 is 10.6 Å². The summed E-state index contributed by atoms with van der Waals surface area (Å²) in [6, 6.07) is 8.66. The highest BCUT2D eigenvalue weighted by Gasteiger charge is 2.31. The zero-order valence-electron chi connectivity index (χ0n) is 16.2. The number of benzene rings is 2. The SMILES string of the molecule is Cn1nc(C(=O)Nc2ccc(C(F)(F)F)cc2)cc1C(=O)Nc1ccc(C(F)(F)F)cc1. The Kier molecular flexibility index (Phi) is 5.97. The van der Waals surface area contributed by atoms with Gasteiger partial charge in [-0.25, -0.2) is 0 Å². The van der Waals surface area contributed by atoms with Crippen LogP contribution in [0.15, 0.2) is 54.6 Å². The molecule has 0 bridgehead atoms. The van der Waals surface area contributed by atoms with Gasteiger partial charge in [-0.1, -0.05) is 0 Å². The molecule has 32 heavy (non-hydrogen) atoms. The van der Waals surface area contributed by atoms with Gasteiger partial charge in [0.2, 0.25) is 0 Å².